The van der Waals surface area contributed by atoms with Gasteiger partial charge in [0.15, 0.2) is 11.5 Å². The van der Waals surface area contributed by atoms with E-state index < -0.39 is 24.7 Å². The average molecular weight is 421 g/mol. The van der Waals surface area contributed by atoms with Crippen LogP contribution in [0.2, 0.25) is 0 Å². The number of benzene rings is 2. The molecule has 0 aliphatic carbocycles. The van der Waals surface area contributed by atoms with Crippen LogP contribution in [-0.2, 0) is 6.42 Å². The zero-order valence-electron chi connectivity index (χ0n) is 14.9. The summed E-state index contributed by atoms with van der Waals surface area (Å²) >= 11 is 0. The lowest BCUT2D eigenvalue weighted by atomic mass is 10.0. The van der Waals surface area contributed by atoms with Gasteiger partial charge in [-0.3, -0.25) is 0 Å². The zero-order chi connectivity index (χ0) is 19.2. The largest absolute Gasteiger partial charge is 0.431 e. The van der Waals surface area contributed by atoms with Crippen molar-refractivity contribution in [3.8, 4) is 11.5 Å². The third-order valence-corrected chi connectivity index (χ3v) is 4.30. The number of piperazine rings is 1. The molecule has 154 valence electrons. The van der Waals surface area contributed by atoms with Gasteiger partial charge in [-0.25, -0.2) is 0 Å². The quantitative estimate of drug-likeness (QED) is 0.676. The number of nitrogens with one attached hydrogen (secondary N) is 1. The van der Waals surface area contributed by atoms with Crippen LogP contribution >= 0.6 is 12.4 Å². The van der Waals surface area contributed by atoms with Crippen molar-refractivity contribution in [2.75, 3.05) is 24.5 Å². The SMILES string of the molecule is Cl.FC(F)Oc1ccc(N2CCN[C@@H](Cc3ccccc3)C2)cc1OC(F)F. The summed E-state index contributed by atoms with van der Waals surface area (Å²) in [6, 6.07) is 14.3. The molecule has 0 saturated carbocycles. The molecule has 1 atom stereocenters. The van der Waals surface area contributed by atoms with Gasteiger partial charge >= 0.3 is 13.2 Å². The molecule has 0 amide bonds. The Morgan fingerprint density at radius 3 is 2.32 bits per heavy atom. The van der Waals surface area contributed by atoms with Crippen molar-refractivity contribution in [3.05, 3.63) is 54.1 Å². The van der Waals surface area contributed by atoms with E-state index in [1.165, 1.54) is 17.7 Å². The Hall–Kier alpha value is -2.19. The number of hydrogen-bond acceptors (Lipinski definition) is 4. The standard InChI is InChI=1S/C19H20F4N2O2.ClH/c20-18(21)26-16-7-6-15(11-17(16)27-19(22)23)25-9-8-24-14(12-25)10-13-4-2-1-3-5-13;/h1-7,11,14,18-19,24H,8-10,12H2;1H/t14-;/m0./s1. The monoisotopic (exact) mass is 420 g/mol. The Balaban J connectivity index is 0.00000280. The second kappa shape index (κ2) is 10.4. The molecule has 3 rings (SSSR count). The molecule has 1 aliphatic heterocycles. The molecular weight excluding hydrogens is 400 g/mol. The predicted octanol–water partition coefficient (Wildman–Crippen LogP) is 4.33. The molecule has 0 radical (unpaired) electrons. The molecule has 2 aromatic carbocycles. The van der Waals surface area contributed by atoms with Gasteiger partial charge in [-0.1, -0.05) is 30.3 Å². The fourth-order valence-corrected chi connectivity index (χ4v) is 3.17. The molecule has 2 aromatic rings. The van der Waals surface area contributed by atoms with Crippen LogP contribution in [-0.4, -0.2) is 38.9 Å². The molecule has 9 heteroatoms. The zero-order valence-corrected chi connectivity index (χ0v) is 15.7. The van der Waals surface area contributed by atoms with Crippen molar-refractivity contribution in [3.63, 3.8) is 0 Å². The maximum absolute atomic E-state index is 12.6. The molecule has 1 fully saturated rings. The second-order valence-corrected chi connectivity index (χ2v) is 6.17. The highest BCUT2D eigenvalue weighted by molar-refractivity contribution is 5.85. The third-order valence-electron chi connectivity index (χ3n) is 4.30. The summed E-state index contributed by atoms with van der Waals surface area (Å²) in [6.45, 7) is -4.22. The highest BCUT2D eigenvalue weighted by Crippen LogP contribution is 2.34. The molecular formula is C19H21ClF4N2O2. The number of rotatable bonds is 7. The van der Waals surface area contributed by atoms with Crippen LogP contribution in [0, 0.1) is 0 Å². The van der Waals surface area contributed by atoms with Crippen LogP contribution in [0.3, 0.4) is 0 Å². The van der Waals surface area contributed by atoms with Gasteiger partial charge in [0.2, 0.25) is 0 Å². The number of ether oxygens (including phenoxy) is 2. The Kier molecular flexibility index (Phi) is 8.19. The first-order chi connectivity index (χ1) is 13.0. The van der Waals surface area contributed by atoms with E-state index in [4.69, 9.17) is 0 Å². The summed E-state index contributed by atoms with van der Waals surface area (Å²) in [5.74, 6) is -0.814. The fourth-order valence-electron chi connectivity index (χ4n) is 3.17. The Labute approximate surface area is 166 Å². The third kappa shape index (κ3) is 6.17. The minimum atomic E-state index is -3.13. The normalized spacial score (nSPS) is 16.8. The van der Waals surface area contributed by atoms with Crippen molar-refractivity contribution in [2.45, 2.75) is 25.7 Å². The fraction of sp³-hybridized carbons (Fsp3) is 0.368. The molecule has 4 nitrogen and oxygen atoms in total. The molecule has 1 N–H and O–H groups in total. The minimum absolute atomic E-state index is 0. The summed E-state index contributed by atoms with van der Waals surface area (Å²) in [5.41, 5.74) is 1.81. The van der Waals surface area contributed by atoms with E-state index in [-0.39, 0.29) is 18.4 Å². The summed E-state index contributed by atoms with van der Waals surface area (Å²) in [6.07, 6.45) is 0.824. The van der Waals surface area contributed by atoms with E-state index in [9.17, 15) is 17.6 Å². The topological polar surface area (TPSA) is 33.7 Å². The van der Waals surface area contributed by atoms with Crippen LogP contribution in [0.1, 0.15) is 5.56 Å². The highest BCUT2D eigenvalue weighted by Gasteiger charge is 2.22. The van der Waals surface area contributed by atoms with Crippen LogP contribution in [0.15, 0.2) is 48.5 Å². The predicted molar refractivity (Wildman–Crippen MR) is 101 cm³/mol. The van der Waals surface area contributed by atoms with E-state index in [0.717, 1.165) is 13.0 Å². The summed E-state index contributed by atoms with van der Waals surface area (Å²) in [5, 5.41) is 3.43. The van der Waals surface area contributed by atoms with Gasteiger partial charge in [0.25, 0.3) is 0 Å². The highest BCUT2D eigenvalue weighted by atomic mass is 35.5. The number of anilines is 1. The molecule has 1 aliphatic rings. The first kappa shape index (κ1) is 22.1. The van der Waals surface area contributed by atoms with Crippen LogP contribution < -0.4 is 19.7 Å². The van der Waals surface area contributed by atoms with E-state index in [2.05, 4.69) is 14.8 Å². The number of hydrogen-bond donors (Lipinski definition) is 1. The second-order valence-electron chi connectivity index (χ2n) is 6.17. The molecule has 0 bridgehead atoms. The smallest absolute Gasteiger partial charge is 0.387 e. The van der Waals surface area contributed by atoms with Gasteiger partial charge in [0.05, 0.1) is 0 Å². The number of halogens is 5. The Morgan fingerprint density at radius 2 is 1.64 bits per heavy atom. The van der Waals surface area contributed by atoms with Crippen LogP contribution in [0.4, 0.5) is 23.2 Å². The van der Waals surface area contributed by atoms with Gasteiger partial charge in [-0.2, -0.15) is 17.6 Å². The van der Waals surface area contributed by atoms with E-state index in [1.54, 1.807) is 6.07 Å². The lowest BCUT2D eigenvalue weighted by molar-refractivity contribution is -0.0692. The first-order valence-electron chi connectivity index (χ1n) is 8.57. The summed E-state index contributed by atoms with van der Waals surface area (Å²) < 4.78 is 58.8. The number of alkyl halides is 4. The van der Waals surface area contributed by atoms with Gasteiger partial charge in [-0.15, -0.1) is 12.4 Å². The maximum atomic E-state index is 12.6. The molecule has 1 heterocycles. The van der Waals surface area contributed by atoms with E-state index in [1.807, 2.05) is 35.2 Å². The lowest BCUT2D eigenvalue weighted by Crippen LogP contribution is -2.51. The molecule has 0 spiro atoms. The first-order valence-corrected chi connectivity index (χ1v) is 8.57. The van der Waals surface area contributed by atoms with Crippen molar-refractivity contribution < 1.29 is 27.0 Å². The van der Waals surface area contributed by atoms with Crippen molar-refractivity contribution >= 4 is 18.1 Å². The molecule has 28 heavy (non-hydrogen) atoms. The van der Waals surface area contributed by atoms with Gasteiger partial charge in [0.1, 0.15) is 0 Å². The molecule has 0 aromatic heterocycles. The average Bonchev–Trinajstić information content (AvgIpc) is 2.63. The van der Waals surface area contributed by atoms with Gasteiger partial charge in [-0.05, 0) is 24.1 Å². The van der Waals surface area contributed by atoms with Crippen LogP contribution in [0.5, 0.6) is 11.5 Å². The number of nitrogens with zero attached hydrogens (tertiary/aromatic N) is 1. The Bertz CT molecular complexity index is 737. The maximum Gasteiger partial charge on any atom is 0.387 e. The lowest BCUT2D eigenvalue weighted by Gasteiger charge is -2.35. The van der Waals surface area contributed by atoms with E-state index in [0.29, 0.717) is 18.8 Å². The van der Waals surface area contributed by atoms with Crippen molar-refractivity contribution in [1.29, 1.82) is 0 Å². The van der Waals surface area contributed by atoms with Crippen molar-refractivity contribution in [1.82, 2.24) is 5.32 Å². The Morgan fingerprint density at radius 1 is 0.964 bits per heavy atom. The van der Waals surface area contributed by atoms with Crippen LogP contribution in [0.25, 0.3) is 0 Å². The molecule has 1 saturated heterocycles. The van der Waals surface area contributed by atoms with Gasteiger partial charge in [0, 0.05) is 37.4 Å². The van der Waals surface area contributed by atoms with Gasteiger partial charge < -0.3 is 19.7 Å². The summed E-state index contributed by atoms with van der Waals surface area (Å²) in [4.78, 5) is 2.01. The minimum Gasteiger partial charge on any atom is -0.431 e. The van der Waals surface area contributed by atoms with Crippen molar-refractivity contribution in [2.24, 2.45) is 0 Å². The summed E-state index contributed by atoms with van der Waals surface area (Å²) in [7, 11) is 0. The van der Waals surface area contributed by atoms with E-state index >= 15 is 0 Å². The molecule has 0 unspecified atom stereocenters.